The summed E-state index contributed by atoms with van der Waals surface area (Å²) in [5.74, 6) is -1.41. The van der Waals surface area contributed by atoms with Gasteiger partial charge in [-0.05, 0) is 100 Å². The highest BCUT2D eigenvalue weighted by molar-refractivity contribution is 6.03. The van der Waals surface area contributed by atoms with Crippen LogP contribution in [0.4, 0.5) is 23.8 Å². The van der Waals surface area contributed by atoms with Crippen LogP contribution in [-0.2, 0) is 9.47 Å². The minimum atomic E-state index is -1.34. The number of piperazine rings is 1. The van der Waals surface area contributed by atoms with Gasteiger partial charge in [0.1, 0.15) is 47.4 Å². The Bertz CT molecular complexity index is 2210. The zero-order valence-electron chi connectivity index (χ0n) is 33.0. The molecule has 1 aromatic heterocycles. The molecule has 4 aliphatic heterocycles. The largest absolute Gasteiger partial charge is 0.468 e. The van der Waals surface area contributed by atoms with Crippen molar-refractivity contribution < 1.29 is 47.1 Å². The maximum Gasteiger partial charge on any atom is 0.411 e. The smallest absolute Gasteiger partial charge is 0.411 e. The van der Waals surface area contributed by atoms with Gasteiger partial charge in [-0.2, -0.15) is 9.97 Å². The second kappa shape index (κ2) is 14.7. The first-order chi connectivity index (χ1) is 27.1. The van der Waals surface area contributed by atoms with Crippen molar-refractivity contribution in [3.8, 4) is 22.9 Å². The molecule has 8 rings (SSSR count). The average molecular weight is 794 g/mol. The van der Waals surface area contributed by atoms with E-state index in [0.717, 1.165) is 19.4 Å². The highest BCUT2D eigenvalue weighted by Crippen LogP contribution is 2.46. The number of anilines is 1. The van der Waals surface area contributed by atoms with Crippen molar-refractivity contribution in [2.75, 3.05) is 58.2 Å². The number of halogens is 3. The topological polar surface area (TPSA) is 130 Å². The van der Waals surface area contributed by atoms with E-state index in [9.17, 15) is 19.4 Å². The number of carbonyl (C=O) groups excluding carboxylic acids is 1. The molecule has 0 radical (unpaired) electrons. The summed E-state index contributed by atoms with van der Waals surface area (Å²) in [7, 11) is 1.45. The number of rotatable bonds is 10. The molecular weight excluding hydrogens is 743 g/mol. The number of nitrogens with zero attached hydrogens (tertiary/aromatic N) is 5. The highest BCUT2D eigenvalue weighted by atomic mass is 19.1. The fourth-order valence-corrected chi connectivity index (χ4v) is 9.64. The second-order valence-corrected chi connectivity index (χ2v) is 17.2. The van der Waals surface area contributed by atoms with Crippen molar-refractivity contribution in [1.29, 1.82) is 0 Å². The van der Waals surface area contributed by atoms with E-state index < -0.39 is 58.9 Å². The molecule has 2 bridgehead atoms. The molecule has 5 heterocycles. The lowest BCUT2D eigenvalue weighted by Gasteiger charge is -2.47. The lowest BCUT2D eigenvalue weighted by atomic mass is 9.91. The third-order valence-corrected chi connectivity index (χ3v) is 12.0. The van der Waals surface area contributed by atoms with E-state index in [1.54, 1.807) is 29.2 Å². The molecule has 57 heavy (non-hydrogen) atoms. The van der Waals surface area contributed by atoms with E-state index >= 15 is 8.78 Å². The number of alkyl halides is 1. The number of fused-ring (bicyclic) bond motifs is 5. The number of aliphatic hydroxyl groups is 2. The molecule has 4 fully saturated rings. The zero-order chi connectivity index (χ0) is 40.4. The highest BCUT2D eigenvalue weighted by Gasteiger charge is 2.53. The summed E-state index contributed by atoms with van der Waals surface area (Å²) in [6.45, 7) is 8.47. The fourth-order valence-electron chi connectivity index (χ4n) is 9.64. The van der Waals surface area contributed by atoms with Crippen molar-refractivity contribution in [3.63, 3.8) is 0 Å². The van der Waals surface area contributed by atoms with Crippen LogP contribution < -0.4 is 14.4 Å². The summed E-state index contributed by atoms with van der Waals surface area (Å²) in [5.41, 5.74) is -2.20. The van der Waals surface area contributed by atoms with Crippen LogP contribution in [0, 0.1) is 11.6 Å². The maximum atomic E-state index is 17.5. The first-order valence-electron chi connectivity index (χ1n) is 19.6. The first kappa shape index (κ1) is 39.4. The Morgan fingerprint density at radius 3 is 2.65 bits per heavy atom. The number of hydrogen-bond acceptors (Lipinski definition) is 11. The number of ether oxygens (including phenoxy) is 4. The molecule has 15 heteroatoms. The number of aliphatic hydroxyl groups excluding tert-OH is 2. The van der Waals surface area contributed by atoms with Gasteiger partial charge in [0.15, 0.2) is 12.6 Å². The molecule has 4 aromatic rings. The van der Waals surface area contributed by atoms with E-state index in [2.05, 4.69) is 9.88 Å². The summed E-state index contributed by atoms with van der Waals surface area (Å²) in [6, 6.07) is 8.93. The molecule has 306 valence electrons. The molecule has 1 amide bonds. The van der Waals surface area contributed by atoms with Gasteiger partial charge >= 0.3 is 12.1 Å². The fraction of sp³-hybridized carbons (Fsp3) is 0.548. The van der Waals surface area contributed by atoms with Gasteiger partial charge in [0.25, 0.3) is 0 Å². The molecular formula is C42H50F3N5O7. The number of methoxy groups -OCH3 is 1. The number of hydrogen-bond donors (Lipinski definition) is 2. The Labute approximate surface area is 329 Å². The molecule has 12 nitrogen and oxygen atoms in total. The van der Waals surface area contributed by atoms with Crippen LogP contribution in [0.3, 0.4) is 0 Å². The minimum Gasteiger partial charge on any atom is -0.468 e. The molecule has 0 aliphatic carbocycles. The van der Waals surface area contributed by atoms with Crippen LogP contribution in [0.2, 0.25) is 0 Å². The van der Waals surface area contributed by atoms with E-state index in [4.69, 9.17) is 23.9 Å². The van der Waals surface area contributed by atoms with Crippen LogP contribution in [0.1, 0.15) is 71.5 Å². The maximum absolute atomic E-state index is 17.5. The number of carbonyl (C=O) groups is 1. The summed E-state index contributed by atoms with van der Waals surface area (Å²) in [4.78, 5) is 28.7. The van der Waals surface area contributed by atoms with Crippen molar-refractivity contribution in [2.24, 2.45) is 0 Å². The van der Waals surface area contributed by atoms with Crippen molar-refractivity contribution in [3.05, 3.63) is 53.6 Å². The van der Waals surface area contributed by atoms with E-state index in [-0.39, 0.29) is 59.0 Å². The summed E-state index contributed by atoms with van der Waals surface area (Å²) in [5, 5.41) is 21.7. The Morgan fingerprint density at radius 1 is 1.11 bits per heavy atom. The second-order valence-electron chi connectivity index (χ2n) is 17.2. The van der Waals surface area contributed by atoms with Gasteiger partial charge in [-0.15, -0.1) is 0 Å². The van der Waals surface area contributed by atoms with E-state index in [0.29, 0.717) is 49.7 Å². The van der Waals surface area contributed by atoms with Crippen LogP contribution >= 0.6 is 0 Å². The van der Waals surface area contributed by atoms with E-state index in [1.807, 2.05) is 32.6 Å². The quantitative estimate of drug-likeness (QED) is 0.167. The lowest BCUT2D eigenvalue weighted by Crippen LogP contribution is -2.63. The Hall–Kier alpha value is -4.44. The Balaban J connectivity index is 1.28. The monoisotopic (exact) mass is 793 g/mol. The Kier molecular flexibility index (Phi) is 10.2. The Morgan fingerprint density at radius 2 is 1.91 bits per heavy atom. The predicted octanol–water partition coefficient (Wildman–Crippen LogP) is 6.67. The molecule has 0 saturated carbocycles. The molecule has 0 spiro atoms. The summed E-state index contributed by atoms with van der Waals surface area (Å²) >= 11 is 0. The molecule has 3 aromatic carbocycles. The van der Waals surface area contributed by atoms with Gasteiger partial charge in [0.2, 0.25) is 0 Å². The third kappa shape index (κ3) is 7.10. The van der Waals surface area contributed by atoms with Crippen LogP contribution in [0.15, 0.2) is 36.4 Å². The van der Waals surface area contributed by atoms with Gasteiger partial charge in [-0.1, -0.05) is 18.2 Å². The minimum absolute atomic E-state index is 0.0678. The number of benzene rings is 3. The standard InChI is InChI=1S/C42H50F3N5O7/c1-40(2,3)57-39(53)50-26-10-12-41(50,4)21-48(19-26)37-30-16-31(44)34(29-15-27(56-23-54-5)14-24-8-6-9-28(33(24)29)32(52)20-51)35(45)36(30)46-38(47-37)55-22-42-11-7-13-49(42)18-25(43)17-42/h6,8-9,14-16,25-26,32,51-52H,7,10-13,17-23H2,1-5H3/t25-,26-,32?,41+,42+/m1/s1. The molecule has 4 saturated heterocycles. The molecule has 2 N–H and O–H groups in total. The normalized spacial score (nSPS) is 25.4. The third-order valence-electron chi connectivity index (χ3n) is 12.0. The average Bonchev–Trinajstić information content (AvgIpc) is 3.76. The van der Waals surface area contributed by atoms with Crippen LogP contribution in [-0.4, -0.2) is 118 Å². The lowest BCUT2D eigenvalue weighted by molar-refractivity contribution is -0.00281. The van der Waals surface area contributed by atoms with Crippen LogP contribution in [0.25, 0.3) is 32.8 Å². The van der Waals surface area contributed by atoms with Gasteiger partial charge in [-0.3, -0.25) is 9.80 Å². The molecule has 4 aliphatic rings. The summed E-state index contributed by atoms with van der Waals surface area (Å²) < 4.78 is 72.1. The predicted molar refractivity (Wildman–Crippen MR) is 207 cm³/mol. The SMILES string of the molecule is COCOc1cc(-c2c(F)cc3c(N4C[C@H]5CC[C@@](C)(C4)N5C(=O)OC(C)(C)C)nc(OC[C@@]45CCCN4C[C@H](F)C5)nc3c2F)c2c(C(O)CO)cccc2c1. The van der Waals surface area contributed by atoms with Crippen molar-refractivity contribution in [2.45, 2.75) is 94.8 Å². The first-order valence-corrected chi connectivity index (χ1v) is 19.6. The van der Waals surface area contributed by atoms with Gasteiger partial charge in [0, 0.05) is 38.6 Å². The molecule has 5 atom stereocenters. The molecule has 1 unspecified atom stereocenters. The van der Waals surface area contributed by atoms with Gasteiger partial charge in [0.05, 0.1) is 29.3 Å². The number of amides is 1. The number of aromatic nitrogens is 2. The van der Waals surface area contributed by atoms with Gasteiger partial charge in [-0.25, -0.2) is 18.0 Å². The van der Waals surface area contributed by atoms with E-state index in [1.165, 1.54) is 19.2 Å². The van der Waals surface area contributed by atoms with Crippen LogP contribution in [0.5, 0.6) is 11.8 Å². The van der Waals surface area contributed by atoms with Gasteiger partial charge < -0.3 is 34.1 Å². The van der Waals surface area contributed by atoms with Crippen molar-refractivity contribution >= 4 is 33.6 Å². The zero-order valence-corrected chi connectivity index (χ0v) is 33.0. The van der Waals surface area contributed by atoms with Crippen molar-refractivity contribution in [1.82, 2.24) is 19.8 Å². The summed E-state index contributed by atoms with van der Waals surface area (Å²) in [6.07, 6.45) is 0.577.